The van der Waals surface area contributed by atoms with Gasteiger partial charge < -0.3 is 14.5 Å². The third kappa shape index (κ3) is 4.94. The average Bonchev–Trinajstić information content (AvgIpc) is 2.84. The average molecular weight is 450 g/mol. The van der Waals surface area contributed by atoms with E-state index in [2.05, 4.69) is 9.97 Å². The molecular formula is C25H28FN5O2. The van der Waals surface area contributed by atoms with Gasteiger partial charge in [0.05, 0.1) is 25.3 Å². The first kappa shape index (κ1) is 22.6. The molecule has 8 heteroatoms. The van der Waals surface area contributed by atoms with Crippen molar-refractivity contribution in [3.63, 3.8) is 0 Å². The summed E-state index contributed by atoms with van der Waals surface area (Å²) in [6, 6.07) is 8.32. The van der Waals surface area contributed by atoms with Crippen molar-refractivity contribution in [2.24, 2.45) is 0 Å². The normalized spacial score (nSPS) is 15.9. The first-order valence-corrected chi connectivity index (χ1v) is 11.0. The Morgan fingerprint density at radius 2 is 2.00 bits per heavy atom. The maximum atomic E-state index is 14.2. The molecule has 1 aliphatic heterocycles. The number of carbonyl (C=O) groups excluding carboxylic acids is 1. The molecule has 1 amide bonds. The highest BCUT2D eigenvalue weighted by Gasteiger charge is 2.31. The molecule has 0 N–H and O–H groups in total. The van der Waals surface area contributed by atoms with Crippen LogP contribution in [0.2, 0.25) is 0 Å². The Bertz CT molecular complexity index is 1120. The Morgan fingerprint density at radius 1 is 1.21 bits per heavy atom. The van der Waals surface area contributed by atoms with Gasteiger partial charge in [0.25, 0.3) is 0 Å². The Balaban J connectivity index is 1.68. The molecule has 1 atom stereocenters. The largest absolute Gasteiger partial charge is 0.494 e. The zero-order valence-corrected chi connectivity index (χ0v) is 19.2. The molecule has 1 aliphatic rings. The number of benzene rings is 1. The molecule has 172 valence electrons. The number of likely N-dealkylation sites (tertiary alicyclic amines) is 1. The smallest absolute Gasteiger partial charge is 0.227 e. The van der Waals surface area contributed by atoms with Gasteiger partial charge in [0, 0.05) is 44.8 Å². The molecule has 0 spiro atoms. The second kappa shape index (κ2) is 9.94. The number of ether oxygens (including phenoxy) is 1. The van der Waals surface area contributed by atoms with E-state index < -0.39 is 5.82 Å². The summed E-state index contributed by atoms with van der Waals surface area (Å²) in [5, 5.41) is 0. The quantitative estimate of drug-likeness (QED) is 0.566. The van der Waals surface area contributed by atoms with Crippen LogP contribution < -0.4 is 9.64 Å². The van der Waals surface area contributed by atoms with Crippen LogP contribution in [0, 0.1) is 5.82 Å². The van der Waals surface area contributed by atoms with Crippen LogP contribution in [0.1, 0.15) is 36.6 Å². The van der Waals surface area contributed by atoms with Crippen LogP contribution >= 0.6 is 0 Å². The van der Waals surface area contributed by atoms with Crippen molar-refractivity contribution < 1.29 is 13.9 Å². The standard InChI is InChI=1S/C25H28FN5O2/c1-30(2)25-28-16-19(18-9-11-27-12-10-18)24(29-25)21-6-4-5-13-31(21)23(32)15-17-7-8-22(33-3)20(26)14-17/h7-12,14,16,21H,4-6,13,15H2,1-3H3/t21-/m1/s1. The van der Waals surface area contributed by atoms with Crippen LogP contribution in [0.3, 0.4) is 0 Å². The number of methoxy groups -OCH3 is 1. The van der Waals surface area contributed by atoms with Gasteiger partial charge in [-0.2, -0.15) is 0 Å². The molecule has 3 heterocycles. The lowest BCUT2D eigenvalue weighted by Crippen LogP contribution is -2.40. The van der Waals surface area contributed by atoms with Gasteiger partial charge in [0.1, 0.15) is 0 Å². The monoisotopic (exact) mass is 449 g/mol. The van der Waals surface area contributed by atoms with Crippen LogP contribution in [-0.2, 0) is 11.2 Å². The van der Waals surface area contributed by atoms with Crippen LogP contribution in [0.25, 0.3) is 11.1 Å². The number of anilines is 1. The number of hydrogen-bond acceptors (Lipinski definition) is 6. The van der Waals surface area contributed by atoms with Gasteiger partial charge in [-0.1, -0.05) is 6.07 Å². The van der Waals surface area contributed by atoms with E-state index in [1.54, 1.807) is 24.5 Å². The molecule has 33 heavy (non-hydrogen) atoms. The molecule has 0 unspecified atom stereocenters. The van der Waals surface area contributed by atoms with Crippen LogP contribution in [-0.4, -0.2) is 53.5 Å². The Kier molecular flexibility index (Phi) is 6.82. The summed E-state index contributed by atoms with van der Waals surface area (Å²) in [6.07, 6.45) is 8.15. The van der Waals surface area contributed by atoms with E-state index in [1.807, 2.05) is 42.2 Å². The van der Waals surface area contributed by atoms with Crippen LogP contribution in [0.15, 0.2) is 48.9 Å². The van der Waals surface area contributed by atoms with Gasteiger partial charge in [-0.15, -0.1) is 0 Å². The van der Waals surface area contributed by atoms with Crippen molar-refractivity contribution in [1.82, 2.24) is 19.9 Å². The summed E-state index contributed by atoms with van der Waals surface area (Å²) in [6.45, 7) is 0.638. The minimum atomic E-state index is -0.468. The third-order valence-electron chi connectivity index (χ3n) is 5.91. The number of hydrogen-bond donors (Lipinski definition) is 0. The Morgan fingerprint density at radius 3 is 2.70 bits per heavy atom. The van der Waals surface area contributed by atoms with Gasteiger partial charge in [-0.25, -0.2) is 14.4 Å². The van der Waals surface area contributed by atoms with E-state index in [0.29, 0.717) is 18.1 Å². The summed E-state index contributed by atoms with van der Waals surface area (Å²) in [7, 11) is 5.21. The van der Waals surface area contributed by atoms with E-state index in [0.717, 1.165) is 36.1 Å². The molecule has 7 nitrogen and oxygen atoms in total. The second-order valence-corrected chi connectivity index (χ2v) is 8.34. The molecule has 0 bridgehead atoms. The van der Waals surface area contributed by atoms with Gasteiger partial charge in [0.2, 0.25) is 11.9 Å². The highest BCUT2D eigenvalue weighted by atomic mass is 19.1. The van der Waals surface area contributed by atoms with E-state index in [9.17, 15) is 9.18 Å². The molecule has 3 aromatic rings. The number of nitrogens with zero attached hydrogens (tertiary/aromatic N) is 5. The minimum absolute atomic E-state index is 0.0463. The first-order chi connectivity index (χ1) is 16.0. The molecule has 4 rings (SSSR count). The van der Waals surface area contributed by atoms with Crippen molar-refractivity contribution in [1.29, 1.82) is 0 Å². The number of halogens is 1. The predicted octanol–water partition coefficient (Wildman–Crippen LogP) is 4.05. The number of piperidine rings is 1. The number of carbonyl (C=O) groups is 1. The number of pyridine rings is 1. The van der Waals surface area contributed by atoms with Gasteiger partial charge in [0.15, 0.2) is 11.6 Å². The minimum Gasteiger partial charge on any atom is -0.494 e. The topological polar surface area (TPSA) is 71.5 Å². The van der Waals surface area contributed by atoms with E-state index in [1.165, 1.54) is 13.2 Å². The summed E-state index contributed by atoms with van der Waals surface area (Å²) < 4.78 is 19.2. The number of aromatic nitrogens is 3. The molecule has 0 aliphatic carbocycles. The van der Waals surface area contributed by atoms with Crippen molar-refractivity contribution in [2.45, 2.75) is 31.7 Å². The van der Waals surface area contributed by atoms with Crippen LogP contribution in [0.4, 0.5) is 10.3 Å². The highest BCUT2D eigenvalue weighted by molar-refractivity contribution is 5.80. The fourth-order valence-electron chi connectivity index (χ4n) is 4.22. The van der Waals surface area contributed by atoms with Gasteiger partial charge in [-0.05, 0) is 54.7 Å². The zero-order valence-electron chi connectivity index (χ0n) is 19.2. The maximum Gasteiger partial charge on any atom is 0.227 e. The van der Waals surface area contributed by atoms with Gasteiger partial charge >= 0.3 is 0 Å². The molecule has 1 aromatic carbocycles. The second-order valence-electron chi connectivity index (χ2n) is 8.34. The molecule has 2 aromatic heterocycles. The number of amides is 1. The third-order valence-corrected chi connectivity index (χ3v) is 5.91. The lowest BCUT2D eigenvalue weighted by molar-refractivity contribution is -0.134. The maximum absolute atomic E-state index is 14.2. The summed E-state index contributed by atoms with van der Waals surface area (Å²) in [5.41, 5.74) is 3.30. The zero-order chi connectivity index (χ0) is 23.4. The fraction of sp³-hybridized carbons (Fsp3) is 0.360. The summed E-state index contributed by atoms with van der Waals surface area (Å²) in [4.78, 5) is 30.6. The summed E-state index contributed by atoms with van der Waals surface area (Å²) in [5.74, 6) is 0.249. The fourth-order valence-corrected chi connectivity index (χ4v) is 4.22. The predicted molar refractivity (Wildman–Crippen MR) is 125 cm³/mol. The molecular weight excluding hydrogens is 421 g/mol. The van der Waals surface area contributed by atoms with E-state index >= 15 is 0 Å². The Labute approximate surface area is 193 Å². The van der Waals surface area contributed by atoms with Crippen molar-refractivity contribution in [3.05, 3.63) is 66.0 Å². The van der Waals surface area contributed by atoms with Crippen LogP contribution in [0.5, 0.6) is 5.75 Å². The highest BCUT2D eigenvalue weighted by Crippen LogP contribution is 2.36. The van der Waals surface area contributed by atoms with Crippen molar-refractivity contribution >= 4 is 11.9 Å². The van der Waals surface area contributed by atoms with Crippen molar-refractivity contribution in [3.8, 4) is 16.9 Å². The molecule has 0 saturated carbocycles. The lowest BCUT2D eigenvalue weighted by Gasteiger charge is -2.36. The lowest BCUT2D eigenvalue weighted by atomic mass is 9.93. The number of rotatable bonds is 6. The molecule has 0 radical (unpaired) electrons. The first-order valence-electron chi connectivity index (χ1n) is 11.0. The van der Waals surface area contributed by atoms with E-state index in [-0.39, 0.29) is 24.1 Å². The Hall–Kier alpha value is -3.55. The van der Waals surface area contributed by atoms with E-state index in [4.69, 9.17) is 9.72 Å². The molecule has 1 fully saturated rings. The SMILES string of the molecule is COc1ccc(CC(=O)N2CCCC[C@@H]2c2nc(N(C)C)ncc2-c2ccncc2)cc1F. The van der Waals surface area contributed by atoms with Crippen molar-refractivity contribution in [2.75, 3.05) is 32.6 Å². The van der Waals surface area contributed by atoms with Gasteiger partial charge in [-0.3, -0.25) is 9.78 Å². The summed E-state index contributed by atoms with van der Waals surface area (Å²) >= 11 is 0. The molecule has 1 saturated heterocycles.